The van der Waals surface area contributed by atoms with Gasteiger partial charge in [-0.25, -0.2) is 13.2 Å². The van der Waals surface area contributed by atoms with E-state index in [1.54, 1.807) is 61.5 Å². The van der Waals surface area contributed by atoms with E-state index < -0.39 is 15.9 Å². The van der Waals surface area contributed by atoms with Crippen LogP contribution in [0.15, 0.2) is 70.0 Å². The Morgan fingerprint density at radius 2 is 1.67 bits per heavy atom. The van der Waals surface area contributed by atoms with Crippen LogP contribution >= 0.6 is 39.1 Å². The summed E-state index contributed by atoms with van der Waals surface area (Å²) in [5, 5.41) is 6.19. The minimum absolute atomic E-state index is 0.150. The SMILES string of the molecule is Cc1ccc(NC(=O)Nc2ccc(Br)cc2Cl)cc1S(=O)(=O)Cc1ccc(Cl)cc1. The van der Waals surface area contributed by atoms with Crippen LogP contribution in [0.4, 0.5) is 16.2 Å². The molecule has 0 aliphatic carbocycles. The van der Waals surface area contributed by atoms with Gasteiger partial charge in [-0.05, 0) is 60.5 Å². The predicted molar refractivity (Wildman–Crippen MR) is 125 cm³/mol. The Balaban J connectivity index is 1.78. The number of nitrogens with one attached hydrogen (secondary N) is 2. The summed E-state index contributed by atoms with van der Waals surface area (Å²) in [5.74, 6) is -0.171. The van der Waals surface area contributed by atoms with Gasteiger partial charge in [0.25, 0.3) is 0 Å². The molecule has 2 amide bonds. The fourth-order valence-electron chi connectivity index (χ4n) is 2.77. The van der Waals surface area contributed by atoms with E-state index in [1.807, 2.05) is 0 Å². The molecular weight excluding hydrogens is 511 g/mol. The number of amides is 2. The Morgan fingerprint density at radius 3 is 2.33 bits per heavy atom. The average Bonchev–Trinajstić information content (AvgIpc) is 2.67. The van der Waals surface area contributed by atoms with Gasteiger partial charge in [-0.3, -0.25) is 0 Å². The highest BCUT2D eigenvalue weighted by molar-refractivity contribution is 9.10. The van der Waals surface area contributed by atoms with E-state index in [1.165, 1.54) is 6.07 Å². The second-order valence-corrected chi connectivity index (χ2v) is 10.3. The van der Waals surface area contributed by atoms with Crippen molar-refractivity contribution >= 4 is 66.4 Å². The molecule has 0 unspecified atom stereocenters. The molecule has 0 heterocycles. The summed E-state index contributed by atoms with van der Waals surface area (Å²) in [4.78, 5) is 12.5. The molecule has 3 aromatic carbocycles. The zero-order valence-electron chi connectivity index (χ0n) is 15.7. The molecule has 0 aliphatic heterocycles. The number of hydrogen-bond donors (Lipinski definition) is 2. The molecule has 0 saturated carbocycles. The van der Waals surface area contributed by atoms with Crippen LogP contribution in [0.5, 0.6) is 0 Å². The van der Waals surface area contributed by atoms with Crippen molar-refractivity contribution in [2.75, 3.05) is 10.6 Å². The Bertz CT molecular complexity index is 1200. The summed E-state index contributed by atoms with van der Waals surface area (Å²) in [7, 11) is -3.63. The average molecular weight is 528 g/mol. The third-order valence-corrected chi connectivity index (χ3v) is 7.11. The highest BCUT2D eigenvalue weighted by atomic mass is 79.9. The number of halogens is 3. The summed E-state index contributed by atoms with van der Waals surface area (Å²) in [6.45, 7) is 1.71. The lowest BCUT2D eigenvalue weighted by Crippen LogP contribution is -2.20. The quantitative estimate of drug-likeness (QED) is 0.388. The van der Waals surface area contributed by atoms with Gasteiger partial charge in [0.15, 0.2) is 9.84 Å². The normalized spacial score (nSPS) is 11.2. The van der Waals surface area contributed by atoms with Gasteiger partial charge in [0.05, 0.1) is 21.4 Å². The first-order valence-electron chi connectivity index (χ1n) is 8.75. The monoisotopic (exact) mass is 526 g/mol. The zero-order valence-corrected chi connectivity index (χ0v) is 19.7. The van der Waals surface area contributed by atoms with E-state index in [9.17, 15) is 13.2 Å². The Labute approximate surface area is 193 Å². The molecule has 30 heavy (non-hydrogen) atoms. The van der Waals surface area contributed by atoms with Crippen LogP contribution in [0.25, 0.3) is 0 Å². The van der Waals surface area contributed by atoms with E-state index in [2.05, 4.69) is 26.6 Å². The molecule has 0 aromatic heterocycles. The van der Waals surface area contributed by atoms with E-state index in [0.29, 0.717) is 32.5 Å². The largest absolute Gasteiger partial charge is 0.323 e. The van der Waals surface area contributed by atoms with E-state index in [4.69, 9.17) is 23.2 Å². The maximum absolute atomic E-state index is 12.9. The highest BCUT2D eigenvalue weighted by Gasteiger charge is 2.19. The Kier molecular flexibility index (Phi) is 7.08. The van der Waals surface area contributed by atoms with E-state index >= 15 is 0 Å². The lowest BCUT2D eigenvalue weighted by molar-refractivity contribution is 0.262. The molecule has 3 aromatic rings. The molecule has 0 radical (unpaired) electrons. The van der Waals surface area contributed by atoms with Crippen LogP contribution < -0.4 is 10.6 Å². The van der Waals surface area contributed by atoms with Gasteiger partial charge in [0, 0.05) is 15.2 Å². The maximum atomic E-state index is 12.9. The molecule has 2 N–H and O–H groups in total. The van der Waals surface area contributed by atoms with Crippen molar-refractivity contribution in [2.45, 2.75) is 17.6 Å². The van der Waals surface area contributed by atoms with Crippen LogP contribution in [0.3, 0.4) is 0 Å². The number of hydrogen-bond acceptors (Lipinski definition) is 3. The van der Waals surface area contributed by atoms with Crippen molar-refractivity contribution in [3.63, 3.8) is 0 Å². The summed E-state index contributed by atoms with van der Waals surface area (Å²) in [6.07, 6.45) is 0. The number of benzene rings is 3. The van der Waals surface area contributed by atoms with Crippen LogP contribution in [0, 0.1) is 6.92 Å². The summed E-state index contributed by atoms with van der Waals surface area (Å²) in [6, 6.07) is 15.9. The molecule has 0 aliphatic rings. The van der Waals surface area contributed by atoms with Crippen LogP contribution in [0.1, 0.15) is 11.1 Å². The molecule has 0 fully saturated rings. The number of aryl methyl sites for hydroxylation is 1. The molecule has 3 rings (SSSR count). The minimum Gasteiger partial charge on any atom is -0.308 e. The second-order valence-electron chi connectivity index (χ2n) is 6.57. The second kappa shape index (κ2) is 9.39. The molecule has 0 spiro atoms. The molecule has 9 heteroatoms. The van der Waals surface area contributed by atoms with Gasteiger partial charge in [-0.1, -0.05) is 57.3 Å². The number of rotatable bonds is 5. The number of carbonyl (C=O) groups is 1. The number of sulfone groups is 1. The molecule has 0 atom stereocenters. The van der Waals surface area contributed by atoms with Gasteiger partial charge in [0.2, 0.25) is 0 Å². The van der Waals surface area contributed by atoms with E-state index in [-0.39, 0.29) is 10.6 Å². The topological polar surface area (TPSA) is 75.3 Å². The summed E-state index contributed by atoms with van der Waals surface area (Å²) in [5.41, 5.74) is 1.99. The molecule has 156 valence electrons. The molecule has 0 bridgehead atoms. The van der Waals surface area contributed by atoms with Crippen LogP contribution in [-0.2, 0) is 15.6 Å². The molecule has 5 nitrogen and oxygen atoms in total. The van der Waals surface area contributed by atoms with Crippen LogP contribution in [-0.4, -0.2) is 14.4 Å². The van der Waals surface area contributed by atoms with Crippen molar-refractivity contribution in [1.29, 1.82) is 0 Å². The zero-order chi connectivity index (χ0) is 21.9. The standard InChI is InChI=1S/C21H17BrCl2N2O3S/c1-13-2-8-17(25-21(27)26-19-9-5-15(22)10-18(19)24)11-20(13)30(28,29)12-14-3-6-16(23)7-4-14/h2-11H,12H2,1H3,(H2,25,26,27). The lowest BCUT2D eigenvalue weighted by Gasteiger charge is -2.13. The Hall–Kier alpha value is -2.06. The first-order valence-corrected chi connectivity index (χ1v) is 11.9. The first kappa shape index (κ1) is 22.6. The minimum atomic E-state index is -3.63. The summed E-state index contributed by atoms with van der Waals surface area (Å²) < 4.78 is 26.6. The first-order chi connectivity index (χ1) is 14.1. The van der Waals surface area contributed by atoms with Gasteiger partial charge in [0.1, 0.15) is 0 Å². The third kappa shape index (κ3) is 5.76. The van der Waals surface area contributed by atoms with Crippen molar-refractivity contribution < 1.29 is 13.2 Å². The fourth-order valence-corrected chi connectivity index (χ4v) is 5.26. The lowest BCUT2D eigenvalue weighted by atomic mass is 10.2. The smallest absolute Gasteiger partial charge is 0.308 e. The number of urea groups is 1. The summed E-state index contributed by atoms with van der Waals surface area (Å²) >= 11 is 15.3. The fraction of sp³-hybridized carbons (Fsp3) is 0.0952. The van der Waals surface area contributed by atoms with Crippen molar-refractivity contribution in [2.24, 2.45) is 0 Å². The van der Waals surface area contributed by atoms with Gasteiger partial charge < -0.3 is 10.6 Å². The molecular formula is C21H17BrCl2N2O3S. The predicted octanol–water partition coefficient (Wildman–Crippen LogP) is 6.68. The van der Waals surface area contributed by atoms with Crippen molar-refractivity contribution in [3.8, 4) is 0 Å². The van der Waals surface area contributed by atoms with Gasteiger partial charge in [-0.2, -0.15) is 0 Å². The van der Waals surface area contributed by atoms with E-state index in [0.717, 1.165) is 4.47 Å². The number of anilines is 2. The number of carbonyl (C=O) groups excluding carboxylic acids is 1. The third-order valence-electron chi connectivity index (χ3n) is 4.23. The Morgan fingerprint density at radius 1 is 0.967 bits per heavy atom. The van der Waals surface area contributed by atoms with Crippen molar-refractivity contribution in [3.05, 3.63) is 86.3 Å². The van der Waals surface area contributed by atoms with Crippen molar-refractivity contribution in [1.82, 2.24) is 0 Å². The highest BCUT2D eigenvalue weighted by Crippen LogP contribution is 2.27. The van der Waals surface area contributed by atoms with Gasteiger partial charge in [-0.15, -0.1) is 0 Å². The van der Waals surface area contributed by atoms with Crippen LogP contribution in [0.2, 0.25) is 10.0 Å². The van der Waals surface area contributed by atoms with Gasteiger partial charge >= 0.3 is 6.03 Å². The molecule has 0 saturated heterocycles. The maximum Gasteiger partial charge on any atom is 0.323 e.